The summed E-state index contributed by atoms with van der Waals surface area (Å²) in [7, 11) is 5.64. The number of likely N-dealkylation sites (tertiary alicyclic amines) is 1. The van der Waals surface area contributed by atoms with Gasteiger partial charge in [0.25, 0.3) is 0 Å². The van der Waals surface area contributed by atoms with Crippen LogP contribution in [0.1, 0.15) is 38.5 Å². The summed E-state index contributed by atoms with van der Waals surface area (Å²) in [6.45, 7) is 2.10. The number of ether oxygens (including phenoxy) is 1. The van der Waals surface area contributed by atoms with Crippen molar-refractivity contribution in [3.05, 3.63) is 36.2 Å². The van der Waals surface area contributed by atoms with E-state index in [4.69, 9.17) is 9.72 Å². The topological polar surface area (TPSA) is 78.4 Å². The van der Waals surface area contributed by atoms with Crippen LogP contribution in [-0.2, 0) is 0 Å². The summed E-state index contributed by atoms with van der Waals surface area (Å²) >= 11 is 0. The number of rotatable bonds is 7. The number of nitrogens with zero attached hydrogens (tertiary/aromatic N) is 5. The molecule has 2 aliphatic rings. The summed E-state index contributed by atoms with van der Waals surface area (Å²) in [5.41, 5.74) is 0.549. The summed E-state index contributed by atoms with van der Waals surface area (Å²) in [4.78, 5) is 18.5. The smallest absolute Gasteiger partial charge is 0.233 e. The number of methoxy groups -OCH3 is 1. The van der Waals surface area contributed by atoms with Crippen LogP contribution in [0.3, 0.4) is 0 Å². The normalized spacial score (nSPS) is 19.7. The van der Waals surface area contributed by atoms with Crippen molar-refractivity contribution in [1.29, 1.82) is 0 Å². The van der Waals surface area contributed by atoms with E-state index >= 15 is 0 Å². The first-order valence-electron chi connectivity index (χ1n) is 11.7. The Bertz CT molecular complexity index is 962. The summed E-state index contributed by atoms with van der Waals surface area (Å²) in [6.07, 6.45) is 11.0. The van der Waals surface area contributed by atoms with Crippen molar-refractivity contribution < 1.29 is 9.13 Å². The van der Waals surface area contributed by atoms with Crippen LogP contribution in [0.2, 0.25) is 0 Å². The van der Waals surface area contributed by atoms with E-state index in [9.17, 15) is 4.39 Å². The summed E-state index contributed by atoms with van der Waals surface area (Å²) in [6, 6.07) is 5.25. The summed E-state index contributed by atoms with van der Waals surface area (Å²) < 4.78 is 19.2. The number of halogens is 1. The molecule has 1 aromatic heterocycles. The van der Waals surface area contributed by atoms with Crippen LogP contribution >= 0.6 is 0 Å². The Morgan fingerprint density at radius 2 is 1.88 bits per heavy atom. The van der Waals surface area contributed by atoms with Gasteiger partial charge >= 0.3 is 0 Å². The van der Waals surface area contributed by atoms with E-state index in [1.807, 2.05) is 7.05 Å². The number of aromatic nitrogens is 3. The minimum absolute atomic E-state index is 0.183. The van der Waals surface area contributed by atoms with E-state index < -0.39 is 5.82 Å². The second-order valence-electron chi connectivity index (χ2n) is 8.87. The molecule has 1 saturated heterocycles. The first-order chi connectivity index (χ1) is 16.0. The molecule has 1 atom stereocenters. The molecule has 0 spiro atoms. The van der Waals surface area contributed by atoms with Crippen LogP contribution in [0.25, 0.3) is 0 Å². The fraction of sp³-hybridized carbons (Fsp3) is 0.542. The highest BCUT2D eigenvalue weighted by atomic mass is 19.1. The Balaban J connectivity index is 1.59. The van der Waals surface area contributed by atoms with E-state index in [0.717, 1.165) is 45.2 Å². The van der Waals surface area contributed by atoms with Crippen molar-refractivity contribution in [2.45, 2.75) is 50.6 Å². The second-order valence-corrected chi connectivity index (χ2v) is 8.87. The zero-order valence-electron chi connectivity index (χ0n) is 19.7. The molecule has 1 unspecified atom stereocenters. The van der Waals surface area contributed by atoms with Gasteiger partial charge in [-0.15, -0.1) is 0 Å². The van der Waals surface area contributed by atoms with Gasteiger partial charge in [-0.05, 0) is 64.4 Å². The molecule has 0 saturated carbocycles. The van der Waals surface area contributed by atoms with Crippen LogP contribution in [0.15, 0.2) is 30.4 Å². The highest BCUT2D eigenvalue weighted by Gasteiger charge is 2.24. The van der Waals surface area contributed by atoms with Gasteiger partial charge < -0.3 is 25.2 Å². The van der Waals surface area contributed by atoms with Gasteiger partial charge in [-0.1, -0.05) is 18.6 Å². The molecule has 0 bridgehead atoms. The van der Waals surface area contributed by atoms with Crippen LogP contribution in [0.5, 0.6) is 5.75 Å². The van der Waals surface area contributed by atoms with Crippen molar-refractivity contribution in [1.82, 2.24) is 19.9 Å². The zero-order chi connectivity index (χ0) is 23.2. The van der Waals surface area contributed by atoms with Crippen molar-refractivity contribution >= 4 is 23.5 Å². The molecule has 2 aromatic rings. The lowest BCUT2D eigenvalue weighted by Crippen LogP contribution is -2.42. The van der Waals surface area contributed by atoms with Gasteiger partial charge in [0.05, 0.1) is 7.11 Å². The van der Waals surface area contributed by atoms with E-state index in [0.29, 0.717) is 29.6 Å². The van der Waals surface area contributed by atoms with E-state index in [1.54, 1.807) is 12.1 Å². The molecule has 1 aliphatic carbocycles. The molecule has 8 nitrogen and oxygen atoms in total. The molecule has 0 radical (unpaired) electrons. The maximum absolute atomic E-state index is 14.2. The molecule has 1 aromatic carbocycles. The number of benzene rings is 1. The van der Waals surface area contributed by atoms with E-state index in [1.165, 1.54) is 19.6 Å². The molecule has 178 valence electrons. The first kappa shape index (κ1) is 23.2. The van der Waals surface area contributed by atoms with Gasteiger partial charge in [-0.25, -0.2) is 4.39 Å². The molecule has 2 heterocycles. The Morgan fingerprint density at radius 1 is 1.09 bits per heavy atom. The third-order valence-corrected chi connectivity index (χ3v) is 6.40. The quantitative estimate of drug-likeness (QED) is 0.602. The molecule has 1 aliphatic heterocycles. The highest BCUT2D eigenvalue weighted by Crippen LogP contribution is 2.25. The van der Waals surface area contributed by atoms with Crippen LogP contribution in [0.4, 0.5) is 27.9 Å². The van der Waals surface area contributed by atoms with Crippen molar-refractivity contribution in [2.24, 2.45) is 0 Å². The summed E-state index contributed by atoms with van der Waals surface area (Å²) in [5.74, 6) is 1.26. The van der Waals surface area contributed by atoms with Crippen molar-refractivity contribution in [3.63, 3.8) is 0 Å². The molecule has 9 heteroatoms. The standard InChI is InChI=1S/C24H34FN7O/c1-31-14-12-19(13-15-31)32(2)24-29-22(26-17-8-6-4-5-7-9-17)28-23(30-24)27-18-10-11-21(33-3)20(25)16-18/h6,8,10-11,16-17,19H,4-5,7,9,12-15H2,1-3H3,(H2,26,27,28,29,30). The lowest BCUT2D eigenvalue weighted by Gasteiger charge is -2.35. The predicted octanol–water partition coefficient (Wildman–Crippen LogP) is 4.20. The van der Waals surface area contributed by atoms with Gasteiger partial charge in [-0.2, -0.15) is 15.0 Å². The fourth-order valence-electron chi connectivity index (χ4n) is 4.33. The number of piperidine rings is 1. The number of nitrogens with one attached hydrogen (secondary N) is 2. The molecule has 4 rings (SSSR count). The largest absolute Gasteiger partial charge is 0.494 e. The minimum atomic E-state index is -0.442. The van der Waals surface area contributed by atoms with Gasteiger partial charge in [0.2, 0.25) is 17.8 Å². The van der Waals surface area contributed by atoms with Gasteiger partial charge in [0.15, 0.2) is 11.6 Å². The minimum Gasteiger partial charge on any atom is -0.494 e. The van der Waals surface area contributed by atoms with Crippen LogP contribution in [-0.4, -0.2) is 66.2 Å². The summed E-state index contributed by atoms with van der Waals surface area (Å²) in [5, 5.41) is 6.60. The number of anilines is 4. The third-order valence-electron chi connectivity index (χ3n) is 6.40. The lowest BCUT2D eigenvalue weighted by molar-refractivity contribution is 0.252. The van der Waals surface area contributed by atoms with E-state index in [2.05, 4.69) is 49.6 Å². The number of allylic oxidation sites excluding steroid dienone is 1. The predicted molar refractivity (Wildman–Crippen MR) is 130 cm³/mol. The van der Waals surface area contributed by atoms with Gasteiger partial charge in [0.1, 0.15) is 0 Å². The maximum Gasteiger partial charge on any atom is 0.233 e. The van der Waals surface area contributed by atoms with Crippen molar-refractivity contribution in [3.8, 4) is 5.75 Å². The Labute approximate surface area is 195 Å². The molecule has 0 amide bonds. The van der Waals surface area contributed by atoms with Crippen LogP contribution < -0.4 is 20.3 Å². The average Bonchev–Trinajstić information content (AvgIpc) is 3.08. The zero-order valence-corrected chi connectivity index (χ0v) is 19.7. The highest BCUT2D eigenvalue weighted by molar-refractivity contribution is 5.57. The molecule has 33 heavy (non-hydrogen) atoms. The lowest BCUT2D eigenvalue weighted by atomic mass is 10.0. The number of hydrogen-bond donors (Lipinski definition) is 2. The van der Waals surface area contributed by atoms with E-state index in [-0.39, 0.29) is 11.8 Å². The van der Waals surface area contributed by atoms with Gasteiger partial charge in [-0.3, -0.25) is 0 Å². The fourth-order valence-corrected chi connectivity index (χ4v) is 4.33. The first-order valence-corrected chi connectivity index (χ1v) is 11.7. The molecule has 2 N–H and O–H groups in total. The maximum atomic E-state index is 14.2. The third kappa shape index (κ3) is 6.10. The Hall–Kier alpha value is -2.94. The monoisotopic (exact) mass is 455 g/mol. The van der Waals surface area contributed by atoms with Crippen LogP contribution in [0, 0.1) is 5.82 Å². The Kier molecular flexibility index (Phi) is 7.59. The second kappa shape index (κ2) is 10.8. The van der Waals surface area contributed by atoms with Gasteiger partial charge in [0, 0.05) is 30.9 Å². The van der Waals surface area contributed by atoms with Crippen molar-refractivity contribution in [2.75, 3.05) is 49.8 Å². The molecular weight excluding hydrogens is 421 g/mol. The Morgan fingerprint density at radius 3 is 2.64 bits per heavy atom. The molecular formula is C24H34FN7O. The average molecular weight is 456 g/mol. The SMILES string of the molecule is COc1ccc(Nc2nc(NC3C=CCCCC3)nc(N(C)C3CCN(C)CC3)n2)cc1F. The number of hydrogen-bond acceptors (Lipinski definition) is 8. The molecule has 1 fully saturated rings.